The normalized spacial score (nSPS) is 39.0. The molecular formula is C17H24O4. The van der Waals surface area contributed by atoms with Crippen molar-refractivity contribution < 1.29 is 19.1 Å². The minimum atomic E-state index is -0.354. The fourth-order valence-electron chi connectivity index (χ4n) is 3.82. The summed E-state index contributed by atoms with van der Waals surface area (Å²) < 4.78 is 10.8. The van der Waals surface area contributed by atoms with Crippen molar-refractivity contribution in [3.05, 3.63) is 12.2 Å². The Balaban J connectivity index is 1.54. The van der Waals surface area contributed by atoms with E-state index in [9.17, 15) is 9.59 Å². The van der Waals surface area contributed by atoms with Gasteiger partial charge in [-0.25, -0.2) is 0 Å². The molecule has 3 aliphatic carbocycles. The van der Waals surface area contributed by atoms with Crippen LogP contribution in [-0.4, -0.2) is 25.2 Å². The first kappa shape index (κ1) is 14.6. The first-order valence-electron chi connectivity index (χ1n) is 8.16. The quantitative estimate of drug-likeness (QED) is 0.508. The highest BCUT2D eigenvalue weighted by molar-refractivity contribution is 5.91. The van der Waals surface area contributed by atoms with E-state index in [0.717, 1.165) is 38.5 Å². The van der Waals surface area contributed by atoms with Crippen LogP contribution >= 0.6 is 0 Å². The van der Waals surface area contributed by atoms with E-state index in [4.69, 9.17) is 9.47 Å². The van der Waals surface area contributed by atoms with Gasteiger partial charge in [0.05, 0.1) is 24.0 Å². The van der Waals surface area contributed by atoms with E-state index in [1.54, 1.807) is 0 Å². The molecular weight excluding hydrogens is 268 g/mol. The largest absolute Gasteiger partial charge is 0.465 e. The molecule has 4 nitrogen and oxygen atoms in total. The molecule has 0 amide bonds. The zero-order valence-corrected chi connectivity index (χ0v) is 12.6. The van der Waals surface area contributed by atoms with Gasteiger partial charge >= 0.3 is 11.9 Å². The molecule has 6 aliphatic rings. The molecule has 3 saturated carbocycles. The molecule has 21 heavy (non-hydrogen) atoms. The average Bonchev–Trinajstić information content (AvgIpc) is 2.36. The highest BCUT2D eigenvalue weighted by Crippen LogP contribution is 2.74. The third kappa shape index (κ3) is 2.72. The van der Waals surface area contributed by atoms with Gasteiger partial charge in [0.1, 0.15) is 0 Å². The van der Waals surface area contributed by atoms with Crippen molar-refractivity contribution >= 4 is 11.9 Å². The first-order chi connectivity index (χ1) is 10.2. The summed E-state index contributed by atoms with van der Waals surface area (Å²) in [5.41, 5.74) is -0.709. The van der Waals surface area contributed by atoms with Gasteiger partial charge in [0.25, 0.3) is 0 Å². The van der Waals surface area contributed by atoms with Crippen LogP contribution in [0.4, 0.5) is 0 Å². The Morgan fingerprint density at radius 2 is 1.14 bits per heavy atom. The first-order valence-corrected chi connectivity index (χ1v) is 8.16. The molecule has 4 heteroatoms. The Kier molecular flexibility index (Phi) is 4.05. The summed E-state index contributed by atoms with van der Waals surface area (Å²) in [5, 5.41) is 0. The van der Waals surface area contributed by atoms with E-state index in [2.05, 4.69) is 12.2 Å². The maximum Gasteiger partial charge on any atom is 0.312 e. The van der Waals surface area contributed by atoms with Gasteiger partial charge in [0, 0.05) is 0 Å². The molecule has 0 saturated heterocycles. The Hall–Kier alpha value is -1.32. The summed E-state index contributed by atoms with van der Waals surface area (Å²) in [6, 6.07) is 0. The highest BCUT2D eigenvalue weighted by atomic mass is 16.5. The maximum absolute atomic E-state index is 12.1. The molecule has 3 heterocycles. The number of allylic oxidation sites excluding steroid dienone is 2. The molecule has 0 spiro atoms. The number of carbonyl (C=O) groups is 2. The van der Waals surface area contributed by atoms with E-state index in [1.165, 1.54) is 0 Å². The number of esters is 2. The molecule has 116 valence electrons. The summed E-state index contributed by atoms with van der Waals surface area (Å²) in [6.45, 7) is 1.01. The highest BCUT2D eigenvalue weighted by Gasteiger charge is 2.76. The molecule has 3 aliphatic heterocycles. The number of hydrogen-bond donors (Lipinski definition) is 0. The summed E-state index contributed by atoms with van der Waals surface area (Å²) in [7, 11) is 0. The standard InChI is InChI=1S/C17H24O4/c18-14-16-11-17(12-16,13-16)15(19)21-10-8-6-4-2-1-3-5-7-9-20-14/h1-2H,3-13H2/b2-1-. The van der Waals surface area contributed by atoms with Crippen molar-refractivity contribution in [1.82, 2.24) is 0 Å². The molecule has 0 N–H and O–H groups in total. The number of hydrogen-bond acceptors (Lipinski definition) is 4. The number of ether oxygens (including phenoxy) is 2. The predicted molar refractivity (Wildman–Crippen MR) is 77.5 cm³/mol. The van der Waals surface area contributed by atoms with Gasteiger partial charge in [0.15, 0.2) is 0 Å². The molecule has 2 bridgehead atoms. The van der Waals surface area contributed by atoms with E-state index in [1.807, 2.05) is 0 Å². The van der Waals surface area contributed by atoms with E-state index < -0.39 is 0 Å². The van der Waals surface area contributed by atoms with Crippen molar-refractivity contribution in [2.45, 2.75) is 57.8 Å². The predicted octanol–water partition coefficient (Wildman–Crippen LogP) is 3.15. The second kappa shape index (κ2) is 5.82. The summed E-state index contributed by atoms with van der Waals surface area (Å²) >= 11 is 0. The van der Waals surface area contributed by atoms with Gasteiger partial charge in [-0.15, -0.1) is 0 Å². The molecule has 0 aromatic rings. The molecule has 0 unspecified atom stereocenters. The zero-order valence-electron chi connectivity index (χ0n) is 12.6. The molecule has 0 atom stereocenters. The molecule has 6 rings (SSSR count). The zero-order chi connectivity index (χ0) is 14.8. The van der Waals surface area contributed by atoms with Crippen LogP contribution in [-0.2, 0) is 19.1 Å². The van der Waals surface area contributed by atoms with Crippen LogP contribution in [0.2, 0.25) is 0 Å². The Labute approximate surface area is 125 Å². The van der Waals surface area contributed by atoms with Gasteiger partial charge in [-0.05, 0) is 57.8 Å². The SMILES string of the molecule is O=C1OCCCC/C=C\CCCCOC(=O)C23CC1(C2)C3. The van der Waals surface area contributed by atoms with E-state index in [-0.39, 0.29) is 22.8 Å². The van der Waals surface area contributed by atoms with Crippen molar-refractivity contribution in [2.24, 2.45) is 10.8 Å². The molecule has 0 aromatic heterocycles. The van der Waals surface area contributed by atoms with Crippen LogP contribution in [0.15, 0.2) is 12.2 Å². The fraction of sp³-hybridized carbons (Fsp3) is 0.765. The average molecular weight is 292 g/mol. The molecule has 0 aromatic carbocycles. The van der Waals surface area contributed by atoms with Crippen molar-refractivity contribution in [2.75, 3.05) is 13.2 Å². The Morgan fingerprint density at radius 3 is 1.57 bits per heavy atom. The smallest absolute Gasteiger partial charge is 0.312 e. The lowest BCUT2D eigenvalue weighted by molar-refractivity contribution is -0.237. The van der Waals surface area contributed by atoms with Crippen LogP contribution in [0, 0.1) is 10.8 Å². The van der Waals surface area contributed by atoms with Crippen LogP contribution in [0.3, 0.4) is 0 Å². The van der Waals surface area contributed by atoms with Crippen LogP contribution in [0.5, 0.6) is 0 Å². The summed E-state index contributed by atoms with van der Waals surface area (Å²) in [4.78, 5) is 24.1. The van der Waals surface area contributed by atoms with Gasteiger partial charge in [-0.1, -0.05) is 12.2 Å². The van der Waals surface area contributed by atoms with Crippen molar-refractivity contribution in [3.63, 3.8) is 0 Å². The van der Waals surface area contributed by atoms with Crippen molar-refractivity contribution in [3.8, 4) is 0 Å². The minimum Gasteiger partial charge on any atom is -0.465 e. The Morgan fingerprint density at radius 1 is 0.714 bits per heavy atom. The minimum absolute atomic E-state index is 0.1000. The van der Waals surface area contributed by atoms with Gasteiger partial charge in [-0.2, -0.15) is 0 Å². The van der Waals surface area contributed by atoms with Crippen LogP contribution in [0.1, 0.15) is 57.8 Å². The fourth-order valence-corrected chi connectivity index (χ4v) is 3.82. The molecule has 0 radical (unpaired) electrons. The third-order valence-electron chi connectivity index (χ3n) is 5.06. The third-order valence-corrected chi connectivity index (χ3v) is 5.06. The summed E-state index contributed by atoms with van der Waals surface area (Å²) in [5.74, 6) is -0.200. The number of carbonyl (C=O) groups excluding carboxylic acids is 2. The lowest BCUT2D eigenvalue weighted by atomic mass is 9.35. The van der Waals surface area contributed by atoms with Crippen LogP contribution < -0.4 is 0 Å². The maximum atomic E-state index is 12.1. The number of rotatable bonds is 0. The Bertz CT molecular complexity index is 394. The van der Waals surface area contributed by atoms with Crippen LogP contribution in [0.25, 0.3) is 0 Å². The lowest BCUT2D eigenvalue weighted by Crippen LogP contribution is -2.69. The van der Waals surface area contributed by atoms with E-state index >= 15 is 0 Å². The second-order valence-electron chi connectivity index (χ2n) is 6.83. The van der Waals surface area contributed by atoms with E-state index in [0.29, 0.717) is 32.5 Å². The molecule has 3 fully saturated rings. The van der Waals surface area contributed by atoms with Gasteiger partial charge in [-0.3, -0.25) is 9.59 Å². The lowest BCUT2D eigenvalue weighted by Gasteiger charge is -2.66. The second-order valence-corrected chi connectivity index (χ2v) is 6.83. The van der Waals surface area contributed by atoms with Gasteiger partial charge < -0.3 is 9.47 Å². The van der Waals surface area contributed by atoms with Gasteiger partial charge in [0.2, 0.25) is 0 Å². The van der Waals surface area contributed by atoms with Crippen molar-refractivity contribution in [1.29, 1.82) is 0 Å². The monoisotopic (exact) mass is 292 g/mol. The topological polar surface area (TPSA) is 52.6 Å². The summed E-state index contributed by atoms with van der Waals surface area (Å²) in [6.07, 6.45) is 12.3.